The van der Waals surface area contributed by atoms with Gasteiger partial charge < -0.3 is 5.32 Å². The Morgan fingerprint density at radius 1 is 1.43 bits per heavy atom. The normalized spacial score (nSPS) is 11.9. The van der Waals surface area contributed by atoms with Crippen molar-refractivity contribution in [3.8, 4) is 0 Å². The van der Waals surface area contributed by atoms with Gasteiger partial charge in [0.1, 0.15) is 0 Å². The van der Waals surface area contributed by atoms with Gasteiger partial charge >= 0.3 is 0 Å². The Kier molecular flexibility index (Phi) is 3.34. The lowest BCUT2D eigenvalue weighted by atomic mass is 10.0. The van der Waals surface area contributed by atoms with Gasteiger partial charge in [-0.05, 0) is 18.1 Å². The van der Waals surface area contributed by atoms with Crippen molar-refractivity contribution in [2.75, 3.05) is 7.05 Å². The standard InChI is InChI=1S/C10H12N2O2/c1-7-5-3-4-6-8(7)9(12-14)10(13)11-2/h3-6,9H,1-2H3,(H,11,13). The molecule has 0 radical (unpaired) electrons. The van der Waals surface area contributed by atoms with Crippen molar-refractivity contribution in [2.45, 2.75) is 13.0 Å². The number of nitrogens with zero attached hydrogens (tertiary/aromatic N) is 1. The molecule has 1 aromatic rings. The van der Waals surface area contributed by atoms with E-state index in [2.05, 4.69) is 10.5 Å². The minimum absolute atomic E-state index is 0.380. The maximum atomic E-state index is 11.3. The Balaban J connectivity index is 3.07. The first kappa shape index (κ1) is 10.4. The fourth-order valence-corrected chi connectivity index (χ4v) is 1.28. The Morgan fingerprint density at radius 3 is 2.57 bits per heavy atom. The van der Waals surface area contributed by atoms with Gasteiger partial charge in [0, 0.05) is 7.05 Å². The van der Waals surface area contributed by atoms with Crippen molar-refractivity contribution >= 4 is 5.91 Å². The number of amides is 1. The first-order valence-corrected chi connectivity index (χ1v) is 4.30. The van der Waals surface area contributed by atoms with Crippen LogP contribution >= 0.6 is 0 Å². The highest BCUT2D eigenvalue weighted by atomic mass is 16.3. The summed E-state index contributed by atoms with van der Waals surface area (Å²) in [4.78, 5) is 21.8. The van der Waals surface area contributed by atoms with Crippen LogP contribution < -0.4 is 5.32 Å². The van der Waals surface area contributed by atoms with Crippen LogP contribution in [-0.4, -0.2) is 13.0 Å². The Labute approximate surface area is 82.3 Å². The Morgan fingerprint density at radius 2 is 2.07 bits per heavy atom. The molecule has 0 aromatic heterocycles. The van der Waals surface area contributed by atoms with Gasteiger partial charge in [0.25, 0.3) is 5.91 Å². The highest BCUT2D eigenvalue weighted by molar-refractivity contribution is 5.83. The predicted molar refractivity (Wildman–Crippen MR) is 53.8 cm³/mol. The van der Waals surface area contributed by atoms with Crippen LogP contribution in [0.4, 0.5) is 0 Å². The molecule has 1 rings (SSSR count). The molecule has 1 amide bonds. The Hall–Kier alpha value is -1.71. The van der Waals surface area contributed by atoms with Crippen molar-refractivity contribution < 1.29 is 4.79 Å². The molecule has 4 heteroatoms. The molecular weight excluding hydrogens is 180 g/mol. The number of aryl methyl sites for hydroxylation is 1. The van der Waals surface area contributed by atoms with Crippen LogP contribution in [0.15, 0.2) is 29.4 Å². The van der Waals surface area contributed by atoms with Gasteiger partial charge in [-0.25, -0.2) is 0 Å². The molecule has 1 aromatic carbocycles. The van der Waals surface area contributed by atoms with Crippen molar-refractivity contribution in [3.05, 3.63) is 40.3 Å². The van der Waals surface area contributed by atoms with E-state index in [9.17, 15) is 9.70 Å². The van der Waals surface area contributed by atoms with Crippen molar-refractivity contribution in [3.63, 3.8) is 0 Å². The van der Waals surface area contributed by atoms with E-state index < -0.39 is 6.04 Å². The van der Waals surface area contributed by atoms with Crippen molar-refractivity contribution in [2.24, 2.45) is 5.18 Å². The second-order valence-corrected chi connectivity index (χ2v) is 2.98. The molecule has 1 atom stereocenters. The summed E-state index contributed by atoms with van der Waals surface area (Å²) in [6, 6.07) is 6.27. The van der Waals surface area contributed by atoms with Crippen LogP contribution in [-0.2, 0) is 4.79 Å². The molecule has 0 saturated heterocycles. The molecule has 0 aliphatic carbocycles. The lowest BCUT2D eigenvalue weighted by molar-refractivity contribution is -0.121. The van der Waals surface area contributed by atoms with E-state index >= 15 is 0 Å². The van der Waals surface area contributed by atoms with Crippen LogP contribution in [0.3, 0.4) is 0 Å². The molecule has 0 heterocycles. The minimum atomic E-state index is -0.943. The maximum absolute atomic E-state index is 11.3. The van der Waals surface area contributed by atoms with E-state index in [1.807, 2.05) is 19.1 Å². The van der Waals surface area contributed by atoms with Gasteiger partial charge in [0.15, 0.2) is 6.04 Å². The van der Waals surface area contributed by atoms with E-state index in [1.165, 1.54) is 7.05 Å². The number of carbonyl (C=O) groups is 1. The van der Waals surface area contributed by atoms with E-state index in [0.29, 0.717) is 5.56 Å². The quantitative estimate of drug-likeness (QED) is 0.738. The summed E-state index contributed by atoms with van der Waals surface area (Å²) in [5.41, 5.74) is 1.54. The van der Waals surface area contributed by atoms with Crippen LogP contribution in [0.2, 0.25) is 0 Å². The zero-order valence-electron chi connectivity index (χ0n) is 8.15. The van der Waals surface area contributed by atoms with E-state index in [0.717, 1.165) is 5.56 Å². The predicted octanol–water partition coefficient (Wildman–Crippen LogP) is 1.55. The minimum Gasteiger partial charge on any atom is -0.357 e. The maximum Gasteiger partial charge on any atom is 0.252 e. The monoisotopic (exact) mass is 192 g/mol. The third kappa shape index (κ3) is 1.96. The van der Waals surface area contributed by atoms with Crippen molar-refractivity contribution in [1.29, 1.82) is 0 Å². The molecule has 14 heavy (non-hydrogen) atoms. The Bertz CT molecular complexity index is 350. The van der Waals surface area contributed by atoms with Crippen LogP contribution in [0.5, 0.6) is 0 Å². The topological polar surface area (TPSA) is 58.5 Å². The van der Waals surface area contributed by atoms with Crippen LogP contribution in [0, 0.1) is 11.8 Å². The van der Waals surface area contributed by atoms with Gasteiger partial charge in [-0.1, -0.05) is 29.4 Å². The molecule has 4 nitrogen and oxygen atoms in total. The second-order valence-electron chi connectivity index (χ2n) is 2.98. The highest BCUT2D eigenvalue weighted by Crippen LogP contribution is 2.20. The fraction of sp³-hybridized carbons (Fsp3) is 0.300. The number of nitroso groups, excluding NO2 is 1. The molecule has 1 N–H and O–H groups in total. The number of hydrogen-bond acceptors (Lipinski definition) is 3. The SMILES string of the molecule is CNC(=O)C(N=O)c1ccccc1C. The summed E-state index contributed by atoms with van der Waals surface area (Å²) >= 11 is 0. The molecule has 0 aliphatic rings. The van der Waals surface area contributed by atoms with Crippen LogP contribution in [0.1, 0.15) is 17.2 Å². The molecule has 0 aliphatic heterocycles. The van der Waals surface area contributed by atoms with Crippen LogP contribution in [0.25, 0.3) is 0 Å². The number of nitrogens with one attached hydrogen (secondary N) is 1. The summed E-state index contributed by atoms with van der Waals surface area (Å²) in [5, 5.41) is 5.24. The summed E-state index contributed by atoms with van der Waals surface area (Å²) < 4.78 is 0. The smallest absolute Gasteiger partial charge is 0.252 e. The molecule has 1 unspecified atom stereocenters. The van der Waals surface area contributed by atoms with Crippen molar-refractivity contribution in [1.82, 2.24) is 5.32 Å². The lowest BCUT2D eigenvalue weighted by Gasteiger charge is -2.10. The third-order valence-corrected chi connectivity index (χ3v) is 2.08. The number of benzene rings is 1. The van der Waals surface area contributed by atoms with Gasteiger partial charge in [-0.3, -0.25) is 4.79 Å². The average Bonchev–Trinajstić information content (AvgIpc) is 2.21. The fourth-order valence-electron chi connectivity index (χ4n) is 1.28. The molecular formula is C10H12N2O2. The summed E-state index contributed by atoms with van der Waals surface area (Å²) in [6.07, 6.45) is 0. The summed E-state index contributed by atoms with van der Waals surface area (Å²) in [5.74, 6) is -0.380. The largest absolute Gasteiger partial charge is 0.357 e. The first-order valence-electron chi connectivity index (χ1n) is 4.30. The van der Waals surface area contributed by atoms with E-state index in [1.54, 1.807) is 12.1 Å². The molecule has 0 saturated carbocycles. The number of likely N-dealkylation sites (N-methyl/N-ethyl adjacent to an activating group) is 1. The summed E-state index contributed by atoms with van der Waals surface area (Å²) in [6.45, 7) is 1.84. The lowest BCUT2D eigenvalue weighted by Crippen LogP contribution is -2.24. The van der Waals surface area contributed by atoms with Gasteiger partial charge in [0.05, 0.1) is 0 Å². The zero-order valence-corrected chi connectivity index (χ0v) is 8.15. The van der Waals surface area contributed by atoms with E-state index in [4.69, 9.17) is 0 Å². The van der Waals surface area contributed by atoms with E-state index in [-0.39, 0.29) is 5.91 Å². The second kappa shape index (κ2) is 4.50. The van der Waals surface area contributed by atoms with Gasteiger partial charge in [-0.2, -0.15) is 0 Å². The zero-order chi connectivity index (χ0) is 10.6. The van der Waals surface area contributed by atoms with Gasteiger partial charge in [-0.15, -0.1) is 4.91 Å². The molecule has 74 valence electrons. The molecule has 0 spiro atoms. The number of hydrogen-bond donors (Lipinski definition) is 1. The summed E-state index contributed by atoms with van der Waals surface area (Å²) in [7, 11) is 1.48. The number of carbonyl (C=O) groups excluding carboxylic acids is 1. The first-order chi connectivity index (χ1) is 6.70. The average molecular weight is 192 g/mol. The molecule has 0 bridgehead atoms. The number of rotatable bonds is 3. The highest BCUT2D eigenvalue weighted by Gasteiger charge is 2.21. The third-order valence-electron chi connectivity index (χ3n) is 2.08. The molecule has 0 fully saturated rings. The van der Waals surface area contributed by atoms with Gasteiger partial charge in [0.2, 0.25) is 0 Å².